The van der Waals surface area contributed by atoms with Gasteiger partial charge >= 0.3 is 0 Å². The molecule has 0 aromatic heterocycles. The number of hydrogen-bond donors (Lipinski definition) is 2. The van der Waals surface area contributed by atoms with E-state index in [9.17, 15) is 4.79 Å². The predicted molar refractivity (Wildman–Crippen MR) is 73.5 cm³/mol. The first-order valence-electron chi connectivity index (χ1n) is 7.18. The average Bonchev–Trinajstić information content (AvgIpc) is 2.37. The molecule has 0 aromatic rings. The Hall–Kier alpha value is -0.610. The van der Waals surface area contributed by atoms with Gasteiger partial charge in [-0.15, -0.1) is 0 Å². The molecule has 1 amide bonds. The molecule has 1 saturated carbocycles. The molecule has 0 atom stereocenters. The second-order valence-corrected chi connectivity index (χ2v) is 5.45. The Bertz CT molecular complexity index is 226. The first-order valence-corrected chi connectivity index (χ1v) is 7.18. The highest BCUT2D eigenvalue weighted by molar-refractivity contribution is 5.77. The second kappa shape index (κ2) is 9.34. The van der Waals surface area contributed by atoms with Gasteiger partial charge in [-0.25, -0.2) is 0 Å². The average molecular weight is 256 g/mol. The van der Waals surface area contributed by atoms with Crippen molar-refractivity contribution in [1.29, 1.82) is 0 Å². The molecule has 0 unspecified atom stereocenters. The number of hydrogen-bond acceptors (Lipinski definition) is 3. The molecule has 1 aliphatic rings. The summed E-state index contributed by atoms with van der Waals surface area (Å²) in [6.45, 7) is 5.16. The van der Waals surface area contributed by atoms with Crippen molar-refractivity contribution in [1.82, 2.24) is 10.6 Å². The van der Waals surface area contributed by atoms with Crippen LogP contribution in [0.2, 0.25) is 0 Å². The highest BCUT2D eigenvalue weighted by atomic mass is 16.5. The van der Waals surface area contributed by atoms with Crippen LogP contribution in [0.1, 0.15) is 39.0 Å². The smallest absolute Gasteiger partial charge is 0.233 e. The normalized spacial score (nSPS) is 23.9. The third-order valence-corrected chi connectivity index (χ3v) is 3.70. The van der Waals surface area contributed by atoms with Gasteiger partial charge in [0.15, 0.2) is 0 Å². The van der Waals surface area contributed by atoms with Crippen LogP contribution in [0.25, 0.3) is 0 Å². The monoisotopic (exact) mass is 256 g/mol. The van der Waals surface area contributed by atoms with Gasteiger partial charge in [-0.05, 0) is 37.6 Å². The Morgan fingerprint density at radius 2 is 2.00 bits per heavy atom. The molecule has 106 valence electrons. The maximum Gasteiger partial charge on any atom is 0.233 e. The number of methoxy groups -OCH3 is 1. The van der Waals surface area contributed by atoms with Crippen LogP contribution in [0, 0.1) is 11.8 Å². The topological polar surface area (TPSA) is 50.4 Å². The third kappa shape index (κ3) is 6.97. The van der Waals surface area contributed by atoms with Crippen molar-refractivity contribution in [2.75, 3.05) is 33.4 Å². The van der Waals surface area contributed by atoms with Gasteiger partial charge in [0.1, 0.15) is 0 Å². The molecule has 4 heteroatoms. The van der Waals surface area contributed by atoms with E-state index in [0.717, 1.165) is 24.8 Å². The minimum absolute atomic E-state index is 0.0929. The minimum atomic E-state index is 0.0929. The molecule has 0 aliphatic heterocycles. The predicted octanol–water partition coefficient (Wildman–Crippen LogP) is 1.55. The summed E-state index contributed by atoms with van der Waals surface area (Å²) < 4.78 is 4.93. The molecule has 1 fully saturated rings. The van der Waals surface area contributed by atoms with Crippen LogP contribution in [-0.2, 0) is 9.53 Å². The van der Waals surface area contributed by atoms with Crippen LogP contribution >= 0.6 is 0 Å². The van der Waals surface area contributed by atoms with E-state index in [2.05, 4.69) is 17.6 Å². The van der Waals surface area contributed by atoms with E-state index in [1.807, 2.05) is 0 Å². The zero-order chi connectivity index (χ0) is 13.2. The van der Waals surface area contributed by atoms with Crippen LogP contribution < -0.4 is 10.6 Å². The molecule has 0 radical (unpaired) electrons. The lowest BCUT2D eigenvalue weighted by Gasteiger charge is -2.26. The number of carbonyl (C=O) groups is 1. The van der Waals surface area contributed by atoms with Crippen molar-refractivity contribution < 1.29 is 9.53 Å². The molecule has 4 nitrogen and oxygen atoms in total. The van der Waals surface area contributed by atoms with Gasteiger partial charge < -0.3 is 15.4 Å². The van der Waals surface area contributed by atoms with E-state index in [0.29, 0.717) is 19.7 Å². The minimum Gasteiger partial charge on any atom is -0.385 e. The molecule has 1 aliphatic carbocycles. The third-order valence-electron chi connectivity index (χ3n) is 3.70. The van der Waals surface area contributed by atoms with Gasteiger partial charge in [-0.3, -0.25) is 4.79 Å². The molecule has 0 aromatic carbocycles. The SMILES string of the molecule is COCCCNC(=O)CNCC1CCC(C)CC1. The van der Waals surface area contributed by atoms with Gasteiger partial charge in [0, 0.05) is 20.3 Å². The van der Waals surface area contributed by atoms with E-state index >= 15 is 0 Å². The summed E-state index contributed by atoms with van der Waals surface area (Å²) in [5, 5.41) is 6.15. The fourth-order valence-corrected chi connectivity index (χ4v) is 2.43. The summed E-state index contributed by atoms with van der Waals surface area (Å²) >= 11 is 0. The molecule has 0 saturated heterocycles. The van der Waals surface area contributed by atoms with E-state index in [-0.39, 0.29) is 5.91 Å². The lowest BCUT2D eigenvalue weighted by molar-refractivity contribution is -0.120. The van der Waals surface area contributed by atoms with Crippen molar-refractivity contribution >= 4 is 5.91 Å². The standard InChI is InChI=1S/C14H28N2O2/c1-12-4-6-13(7-5-12)10-15-11-14(17)16-8-3-9-18-2/h12-13,15H,3-11H2,1-2H3,(H,16,17). The largest absolute Gasteiger partial charge is 0.385 e. The Balaban J connectivity index is 1.95. The molecule has 0 spiro atoms. The number of rotatable bonds is 8. The van der Waals surface area contributed by atoms with Crippen molar-refractivity contribution in [2.24, 2.45) is 11.8 Å². The summed E-state index contributed by atoms with van der Waals surface area (Å²) in [4.78, 5) is 11.5. The number of carbonyl (C=O) groups excluding carboxylic acids is 1. The lowest BCUT2D eigenvalue weighted by atomic mass is 9.83. The van der Waals surface area contributed by atoms with Gasteiger partial charge in [-0.2, -0.15) is 0 Å². The summed E-state index contributed by atoms with van der Waals surface area (Å²) in [6.07, 6.45) is 6.18. The van der Waals surface area contributed by atoms with Crippen molar-refractivity contribution in [3.63, 3.8) is 0 Å². The summed E-state index contributed by atoms with van der Waals surface area (Å²) in [6, 6.07) is 0. The van der Waals surface area contributed by atoms with E-state index in [1.54, 1.807) is 7.11 Å². The number of ether oxygens (including phenoxy) is 1. The van der Waals surface area contributed by atoms with Crippen LogP contribution in [0.4, 0.5) is 0 Å². The Morgan fingerprint density at radius 3 is 2.67 bits per heavy atom. The molecule has 0 bridgehead atoms. The van der Waals surface area contributed by atoms with E-state index in [4.69, 9.17) is 4.74 Å². The highest BCUT2D eigenvalue weighted by Crippen LogP contribution is 2.27. The molecule has 2 N–H and O–H groups in total. The van der Waals surface area contributed by atoms with E-state index < -0.39 is 0 Å². The van der Waals surface area contributed by atoms with Crippen molar-refractivity contribution in [3.8, 4) is 0 Å². The molecular formula is C14H28N2O2. The fourth-order valence-electron chi connectivity index (χ4n) is 2.43. The first-order chi connectivity index (χ1) is 8.72. The molecule has 18 heavy (non-hydrogen) atoms. The molecular weight excluding hydrogens is 228 g/mol. The Morgan fingerprint density at radius 1 is 1.28 bits per heavy atom. The zero-order valence-electron chi connectivity index (χ0n) is 11.8. The second-order valence-electron chi connectivity index (χ2n) is 5.45. The Kier molecular flexibility index (Phi) is 8.01. The maximum absolute atomic E-state index is 11.5. The van der Waals surface area contributed by atoms with Crippen LogP contribution in [0.5, 0.6) is 0 Å². The fraction of sp³-hybridized carbons (Fsp3) is 0.929. The summed E-state index contributed by atoms with van der Waals surface area (Å²) in [5.41, 5.74) is 0. The van der Waals surface area contributed by atoms with Crippen LogP contribution in [0.3, 0.4) is 0 Å². The van der Waals surface area contributed by atoms with Gasteiger partial charge in [0.05, 0.1) is 6.54 Å². The molecule has 1 rings (SSSR count). The Labute approximate surface area is 111 Å². The maximum atomic E-state index is 11.5. The van der Waals surface area contributed by atoms with Crippen molar-refractivity contribution in [3.05, 3.63) is 0 Å². The van der Waals surface area contributed by atoms with Crippen molar-refractivity contribution in [2.45, 2.75) is 39.0 Å². The number of amides is 1. The summed E-state index contributed by atoms with van der Waals surface area (Å²) in [5.74, 6) is 1.75. The van der Waals surface area contributed by atoms with Gasteiger partial charge in [0.2, 0.25) is 5.91 Å². The molecule has 0 heterocycles. The van der Waals surface area contributed by atoms with E-state index in [1.165, 1.54) is 25.7 Å². The lowest BCUT2D eigenvalue weighted by Crippen LogP contribution is -2.37. The quantitative estimate of drug-likeness (QED) is 0.648. The van der Waals surface area contributed by atoms with Gasteiger partial charge in [-0.1, -0.05) is 19.8 Å². The number of nitrogens with one attached hydrogen (secondary N) is 2. The first kappa shape index (κ1) is 15.4. The van der Waals surface area contributed by atoms with Crippen LogP contribution in [0.15, 0.2) is 0 Å². The zero-order valence-corrected chi connectivity index (χ0v) is 11.8. The van der Waals surface area contributed by atoms with Crippen LogP contribution in [-0.4, -0.2) is 39.3 Å². The summed E-state index contributed by atoms with van der Waals surface area (Å²) in [7, 11) is 1.68. The highest BCUT2D eigenvalue weighted by Gasteiger charge is 2.17. The van der Waals surface area contributed by atoms with Gasteiger partial charge in [0.25, 0.3) is 0 Å².